The highest BCUT2D eigenvalue weighted by molar-refractivity contribution is 5.72. The number of carbonyl (C=O) groups is 1. The lowest BCUT2D eigenvalue weighted by Gasteiger charge is -2.20. The van der Waals surface area contributed by atoms with E-state index in [2.05, 4.69) is 18.0 Å². The summed E-state index contributed by atoms with van der Waals surface area (Å²) in [5.41, 5.74) is 3.40. The maximum absolute atomic E-state index is 10.8. The van der Waals surface area contributed by atoms with Gasteiger partial charge in [0.2, 0.25) is 0 Å². The fourth-order valence-corrected chi connectivity index (χ4v) is 2.37. The van der Waals surface area contributed by atoms with Gasteiger partial charge in [0.05, 0.1) is 6.42 Å². The molecule has 0 saturated heterocycles. The number of nitrogens with zero attached hydrogens (tertiary/aromatic N) is 1. The summed E-state index contributed by atoms with van der Waals surface area (Å²) in [5.74, 6) is -0.750. The molecule has 1 aromatic rings. The van der Waals surface area contributed by atoms with Crippen LogP contribution in [-0.4, -0.2) is 24.7 Å². The predicted octanol–water partition coefficient (Wildman–Crippen LogP) is 2.09. The summed E-state index contributed by atoms with van der Waals surface area (Å²) in [7, 11) is 2.08. The third-order valence-corrected chi connectivity index (χ3v) is 3.17. The van der Waals surface area contributed by atoms with Crippen LogP contribution in [0.15, 0.2) is 18.2 Å². The van der Waals surface area contributed by atoms with Gasteiger partial charge in [0.25, 0.3) is 0 Å². The highest BCUT2D eigenvalue weighted by Crippen LogP contribution is 2.28. The molecule has 0 radical (unpaired) electrons. The molecular formula is C13H17NO2. The van der Waals surface area contributed by atoms with E-state index >= 15 is 0 Å². The zero-order valence-corrected chi connectivity index (χ0v) is 9.57. The lowest BCUT2D eigenvalue weighted by atomic mass is 9.98. The topological polar surface area (TPSA) is 40.5 Å². The number of benzene rings is 1. The van der Waals surface area contributed by atoms with E-state index in [0.29, 0.717) is 0 Å². The Balaban J connectivity index is 2.40. The van der Waals surface area contributed by atoms with Crippen LogP contribution < -0.4 is 4.90 Å². The predicted molar refractivity (Wildman–Crippen MR) is 64.0 cm³/mol. The number of hydrogen-bond acceptors (Lipinski definition) is 2. The molecule has 0 aliphatic carbocycles. The average molecular weight is 219 g/mol. The molecule has 0 fully saturated rings. The Morgan fingerprint density at radius 3 is 3.00 bits per heavy atom. The Labute approximate surface area is 95.7 Å². The van der Waals surface area contributed by atoms with Gasteiger partial charge in [-0.15, -0.1) is 0 Å². The van der Waals surface area contributed by atoms with Crippen LogP contribution in [0.5, 0.6) is 0 Å². The second-order valence-electron chi connectivity index (χ2n) is 4.36. The minimum atomic E-state index is -0.750. The van der Waals surface area contributed by atoms with Crippen molar-refractivity contribution in [3.05, 3.63) is 29.3 Å². The Bertz CT molecular complexity index is 401. The number of carboxylic acid groups (broad SMARTS) is 1. The van der Waals surface area contributed by atoms with Gasteiger partial charge in [-0.3, -0.25) is 4.79 Å². The van der Waals surface area contributed by atoms with Crippen molar-refractivity contribution in [1.82, 2.24) is 0 Å². The van der Waals surface area contributed by atoms with Crippen LogP contribution in [0.2, 0.25) is 0 Å². The molecule has 1 N–H and O–H groups in total. The zero-order valence-electron chi connectivity index (χ0n) is 9.57. The van der Waals surface area contributed by atoms with Gasteiger partial charge in [-0.2, -0.15) is 0 Å². The third-order valence-electron chi connectivity index (χ3n) is 3.17. The van der Waals surface area contributed by atoms with E-state index in [9.17, 15) is 4.79 Å². The quantitative estimate of drug-likeness (QED) is 0.828. The lowest BCUT2D eigenvalue weighted by Crippen LogP contribution is -2.18. The monoisotopic (exact) mass is 219 g/mol. The fraction of sp³-hybridized carbons (Fsp3) is 0.462. The summed E-state index contributed by atoms with van der Waals surface area (Å²) in [4.78, 5) is 13.0. The largest absolute Gasteiger partial charge is 0.481 e. The van der Waals surface area contributed by atoms with Crippen LogP contribution in [0, 0.1) is 0 Å². The van der Waals surface area contributed by atoms with Crippen LogP contribution >= 0.6 is 0 Å². The van der Waals surface area contributed by atoms with E-state index in [1.54, 1.807) is 0 Å². The number of rotatable bonds is 2. The third kappa shape index (κ3) is 2.18. The molecule has 1 aliphatic heterocycles. The molecule has 0 saturated carbocycles. The van der Waals surface area contributed by atoms with Crippen LogP contribution in [0.4, 0.5) is 5.69 Å². The number of carboxylic acids is 1. The highest BCUT2D eigenvalue weighted by Gasteiger charge is 2.16. The van der Waals surface area contributed by atoms with Gasteiger partial charge in [0, 0.05) is 19.3 Å². The molecule has 0 spiro atoms. The van der Waals surface area contributed by atoms with Gasteiger partial charge in [-0.1, -0.05) is 12.1 Å². The minimum Gasteiger partial charge on any atom is -0.481 e. The van der Waals surface area contributed by atoms with Gasteiger partial charge in [-0.05, 0) is 36.5 Å². The van der Waals surface area contributed by atoms with Crippen molar-refractivity contribution < 1.29 is 9.90 Å². The fourth-order valence-electron chi connectivity index (χ4n) is 2.37. The molecule has 0 aromatic heterocycles. The van der Waals surface area contributed by atoms with E-state index in [4.69, 9.17) is 5.11 Å². The van der Waals surface area contributed by atoms with Gasteiger partial charge < -0.3 is 10.0 Å². The first kappa shape index (κ1) is 11.0. The Kier molecular flexibility index (Phi) is 3.13. The molecule has 1 heterocycles. The van der Waals surface area contributed by atoms with Crippen LogP contribution in [0.1, 0.15) is 24.0 Å². The summed E-state index contributed by atoms with van der Waals surface area (Å²) >= 11 is 0. The first-order valence-corrected chi connectivity index (χ1v) is 5.72. The molecular weight excluding hydrogens is 202 g/mol. The zero-order chi connectivity index (χ0) is 11.5. The molecule has 2 rings (SSSR count). The maximum atomic E-state index is 10.8. The van der Waals surface area contributed by atoms with E-state index in [-0.39, 0.29) is 6.42 Å². The SMILES string of the molecule is CN1CCCCc2c(CC(=O)O)cccc21. The van der Waals surface area contributed by atoms with Crippen molar-refractivity contribution in [2.75, 3.05) is 18.5 Å². The summed E-state index contributed by atoms with van der Waals surface area (Å²) in [6.45, 7) is 1.06. The first-order valence-electron chi connectivity index (χ1n) is 5.72. The molecule has 0 amide bonds. The van der Waals surface area contributed by atoms with Crippen LogP contribution in [0.25, 0.3) is 0 Å². The highest BCUT2D eigenvalue weighted by atomic mass is 16.4. The van der Waals surface area contributed by atoms with Crippen molar-refractivity contribution in [3.63, 3.8) is 0 Å². The molecule has 0 atom stereocenters. The molecule has 0 unspecified atom stereocenters. The van der Waals surface area contributed by atoms with Crippen molar-refractivity contribution in [2.24, 2.45) is 0 Å². The van der Waals surface area contributed by atoms with E-state index in [1.807, 2.05) is 12.1 Å². The van der Waals surface area contributed by atoms with Gasteiger partial charge in [0.1, 0.15) is 0 Å². The van der Waals surface area contributed by atoms with Crippen molar-refractivity contribution in [2.45, 2.75) is 25.7 Å². The van der Waals surface area contributed by atoms with E-state index in [0.717, 1.165) is 24.9 Å². The standard InChI is InChI=1S/C13H17NO2/c1-14-8-3-2-6-11-10(9-13(15)16)5-4-7-12(11)14/h4-5,7H,2-3,6,8-9H2,1H3,(H,15,16). The first-order chi connectivity index (χ1) is 7.68. The molecule has 3 nitrogen and oxygen atoms in total. The lowest BCUT2D eigenvalue weighted by molar-refractivity contribution is -0.136. The summed E-state index contributed by atoms with van der Waals surface area (Å²) in [6, 6.07) is 5.98. The normalized spacial score (nSPS) is 15.4. The van der Waals surface area contributed by atoms with Gasteiger partial charge in [0.15, 0.2) is 0 Å². The Hall–Kier alpha value is -1.51. The van der Waals surface area contributed by atoms with E-state index in [1.165, 1.54) is 17.7 Å². The summed E-state index contributed by atoms with van der Waals surface area (Å²) in [6.07, 6.45) is 3.46. The van der Waals surface area contributed by atoms with Crippen molar-refractivity contribution in [1.29, 1.82) is 0 Å². The van der Waals surface area contributed by atoms with Crippen LogP contribution in [0.3, 0.4) is 0 Å². The number of hydrogen-bond donors (Lipinski definition) is 1. The van der Waals surface area contributed by atoms with Crippen molar-refractivity contribution >= 4 is 11.7 Å². The van der Waals surface area contributed by atoms with Crippen LogP contribution in [-0.2, 0) is 17.6 Å². The molecule has 3 heteroatoms. The molecule has 0 bridgehead atoms. The second kappa shape index (κ2) is 4.56. The molecule has 1 aromatic carbocycles. The molecule has 1 aliphatic rings. The average Bonchev–Trinajstić information content (AvgIpc) is 2.41. The minimum absolute atomic E-state index is 0.136. The Morgan fingerprint density at radius 1 is 1.44 bits per heavy atom. The number of anilines is 1. The maximum Gasteiger partial charge on any atom is 0.307 e. The van der Waals surface area contributed by atoms with E-state index < -0.39 is 5.97 Å². The smallest absolute Gasteiger partial charge is 0.307 e. The van der Waals surface area contributed by atoms with Crippen molar-refractivity contribution in [3.8, 4) is 0 Å². The second-order valence-corrected chi connectivity index (χ2v) is 4.36. The number of aliphatic carboxylic acids is 1. The van der Waals surface area contributed by atoms with Gasteiger partial charge in [-0.25, -0.2) is 0 Å². The molecule has 86 valence electrons. The summed E-state index contributed by atoms with van der Waals surface area (Å²) in [5, 5.41) is 8.89. The van der Waals surface area contributed by atoms with Gasteiger partial charge >= 0.3 is 5.97 Å². The molecule has 16 heavy (non-hydrogen) atoms. The number of fused-ring (bicyclic) bond motifs is 1. The Morgan fingerprint density at radius 2 is 2.25 bits per heavy atom. The summed E-state index contributed by atoms with van der Waals surface area (Å²) < 4.78 is 0.